The van der Waals surface area contributed by atoms with Crippen LogP contribution in [-0.4, -0.2) is 16.1 Å². The molecule has 1 aromatic carbocycles. The van der Waals surface area contributed by atoms with Gasteiger partial charge in [-0.1, -0.05) is 6.07 Å². The Morgan fingerprint density at radius 1 is 1.28 bits per heavy atom. The zero-order chi connectivity index (χ0) is 13.0. The van der Waals surface area contributed by atoms with Crippen molar-refractivity contribution in [3.05, 3.63) is 53.6 Å². The van der Waals surface area contributed by atoms with Gasteiger partial charge in [0, 0.05) is 44.5 Å². The van der Waals surface area contributed by atoms with Crippen molar-refractivity contribution in [2.75, 3.05) is 6.54 Å². The number of imidazole rings is 1. The van der Waals surface area contributed by atoms with E-state index in [1.165, 1.54) is 18.2 Å². The van der Waals surface area contributed by atoms with Crippen LogP contribution in [0.3, 0.4) is 0 Å². The van der Waals surface area contributed by atoms with E-state index in [9.17, 15) is 8.78 Å². The van der Waals surface area contributed by atoms with E-state index in [2.05, 4.69) is 10.3 Å². The lowest BCUT2D eigenvalue weighted by atomic mass is 10.2. The molecule has 0 amide bonds. The highest BCUT2D eigenvalue weighted by Crippen LogP contribution is 2.11. The molecule has 5 heteroatoms. The van der Waals surface area contributed by atoms with Crippen molar-refractivity contribution in [1.82, 2.24) is 14.9 Å². The van der Waals surface area contributed by atoms with Gasteiger partial charge < -0.3 is 9.88 Å². The van der Waals surface area contributed by atoms with Crippen molar-refractivity contribution in [2.24, 2.45) is 7.05 Å². The SMILES string of the molecule is Cn1ccnc1CCNCc1c(F)cccc1F. The highest BCUT2D eigenvalue weighted by molar-refractivity contribution is 5.19. The Morgan fingerprint density at radius 2 is 2.00 bits per heavy atom. The van der Waals surface area contributed by atoms with Crippen LogP contribution >= 0.6 is 0 Å². The van der Waals surface area contributed by atoms with Gasteiger partial charge in [0.05, 0.1) is 0 Å². The molecular weight excluding hydrogens is 236 g/mol. The maximum Gasteiger partial charge on any atom is 0.130 e. The first kappa shape index (κ1) is 12.7. The zero-order valence-corrected chi connectivity index (χ0v) is 10.2. The molecule has 0 aliphatic carbocycles. The second kappa shape index (κ2) is 5.73. The van der Waals surface area contributed by atoms with E-state index in [-0.39, 0.29) is 12.1 Å². The molecule has 0 aliphatic rings. The third-order valence-electron chi connectivity index (χ3n) is 2.81. The van der Waals surface area contributed by atoms with Gasteiger partial charge in [-0.2, -0.15) is 0 Å². The average Bonchev–Trinajstić information content (AvgIpc) is 2.73. The number of nitrogens with zero attached hydrogens (tertiary/aromatic N) is 2. The summed E-state index contributed by atoms with van der Waals surface area (Å²) in [4.78, 5) is 4.17. The summed E-state index contributed by atoms with van der Waals surface area (Å²) in [6, 6.07) is 3.89. The number of aromatic nitrogens is 2. The molecule has 0 spiro atoms. The summed E-state index contributed by atoms with van der Waals surface area (Å²) < 4.78 is 28.6. The van der Waals surface area contributed by atoms with Gasteiger partial charge in [-0.25, -0.2) is 13.8 Å². The molecule has 0 saturated carbocycles. The van der Waals surface area contributed by atoms with Crippen LogP contribution in [0.4, 0.5) is 8.78 Å². The normalized spacial score (nSPS) is 10.8. The Bertz CT molecular complexity index is 502. The first-order chi connectivity index (χ1) is 8.68. The molecule has 2 aromatic rings. The van der Waals surface area contributed by atoms with Crippen LogP contribution in [0.5, 0.6) is 0 Å². The summed E-state index contributed by atoms with van der Waals surface area (Å²) in [7, 11) is 1.92. The number of rotatable bonds is 5. The molecule has 0 aliphatic heterocycles. The van der Waals surface area contributed by atoms with Crippen LogP contribution in [0.1, 0.15) is 11.4 Å². The van der Waals surface area contributed by atoms with Crippen LogP contribution in [0.2, 0.25) is 0 Å². The molecule has 18 heavy (non-hydrogen) atoms. The molecule has 1 aromatic heterocycles. The summed E-state index contributed by atoms with van der Waals surface area (Å²) in [6.45, 7) is 0.807. The van der Waals surface area contributed by atoms with E-state index in [0.717, 1.165) is 12.2 Å². The molecule has 0 saturated heterocycles. The third kappa shape index (κ3) is 2.92. The van der Waals surface area contributed by atoms with Gasteiger partial charge in [-0.3, -0.25) is 0 Å². The second-order valence-electron chi connectivity index (χ2n) is 4.08. The highest BCUT2D eigenvalue weighted by atomic mass is 19.1. The van der Waals surface area contributed by atoms with Crippen LogP contribution < -0.4 is 5.32 Å². The number of hydrogen-bond acceptors (Lipinski definition) is 2. The molecule has 0 radical (unpaired) electrons. The van der Waals surface area contributed by atoms with Crippen molar-refractivity contribution in [2.45, 2.75) is 13.0 Å². The number of benzene rings is 1. The minimum atomic E-state index is -0.514. The molecule has 0 fully saturated rings. The van der Waals surface area contributed by atoms with E-state index in [1.807, 2.05) is 17.8 Å². The number of nitrogens with one attached hydrogen (secondary N) is 1. The molecule has 2 rings (SSSR count). The lowest BCUT2D eigenvalue weighted by Crippen LogP contribution is -2.19. The van der Waals surface area contributed by atoms with E-state index in [1.54, 1.807) is 6.20 Å². The molecule has 0 unspecified atom stereocenters. The average molecular weight is 251 g/mol. The topological polar surface area (TPSA) is 29.9 Å². The van der Waals surface area contributed by atoms with E-state index in [4.69, 9.17) is 0 Å². The van der Waals surface area contributed by atoms with Crippen LogP contribution in [-0.2, 0) is 20.0 Å². The fraction of sp³-hybridized carbons (Fsp3) is 0.308. The Hall–Kier alpha value is -1.75. The standard InChI is InChI=1S/C13H15F2N3/c1-18-8-7-17-13(18)5-6-16-9-10-11(14)3-2-4-12(10)15/h2-4,7-8,16H,5-6,9H2,1H3. The van der Waals surface area contributed by atoms with Crippen molar-refractivity contribution in [3.63, 3.8) is 0 Å². The van der Waals surface area contributed by atoms with Crippen LogP contribution in [0, 0.1) is 11.6 Å². The minimum absolute atomic E-state index is 0.0809. The maximum absolute atomic E-state index is 13.3. The number of hydrogen-bond donors (Lipinski definition) is 1. The van der Waals surface area contributed by atoms with Gasteiger partial charge in [0.25, 0.3) is 0 Å². The van der Waals surface area contributed by atoms with E-state index in [0.29, 0.717) is 6.54 Å². The van der Waals surface area contributed by atoms with Crippen molar-refractivity contribution >= 4 is 0 Å². The van der Waals surface area contributed by atoms with Crippen LogP contribution in [0.15, 0.2) is 30.6 Å². The van der Waals surface area contributed by atoms with Crippen LogP contribution in [0.25, 0.3) is 0 Å². The fourth-order valence-corrected chi connectivity index (χ4v) is 1.75. The Balaban J connectivity index is 1.84. The predicted molar refractivity (Wildman–Crippen MR) is 65.0 cm³/mol. The second-order valence-corrected chi connectivity index (χ2v) is 4.08. The Morgan fingerprint density at radius 3 is 2.61 bits per heavy atom. The molecule has 0 atom stereocenters. The predicted octanol–water partition coefficient (Wildman–Crippen LogP) is 2.03. The van der Waals surface area contributed by atoms with Gasteiger partial charge in [-0.15, -0.1) is 0 Å². The van der Waals surface area contributed by atoms with E-state index >= 15 is 0 Å². The lowest BCUT2D eigenvalue weighted by molar-refractivity contribution is 0.534. The summed E-state index contributed by atoms with van der Waals surface area (Å²) in [5, 5.41) is 3.02. The third-order valence-corrected chi connectivity index (χ3v) is 2.81. The Kier molecular flexibility index (Phi) is 4.04. The first-order valence-corrected chi connectivity index (χ1v) is 5.78. The smallest absolute Gasteiger partial charge is 0.130 e. The summed E-state index contributed by atoms with van der Waals surface area (Å²) >= 11 is 0. The minimum Gasteiger partial charge on any atom is -0.338 e. The monoisotopic (exact) mass is 251 g/mol. The molecule has 3 nitrogen and oxygen atoms in total. The van der Waals surface area contributed by atoms with Crippen molar-refractivity contribution < 1.29 is 8.78 Å². The quantitative estimate of drug-likeness (QED) is 0.824. The molecular formula is C13H15F2N3. The Labute approximate surface area is 104 Å². The van der Waals surface area contributed by atoms with E-state index < -0.39 is 11.6 Å². The number of aryl methyl sites for hydroxylation is 1. The molecule has 0 bridgehead atoms. The zero-order valence-electron chi connectivity index (χ0n) is 10.2. The van der Waals surface area contributed by atoms with Crippen molar-refractivity contribution in [3.8, 4) is 0 Å². The highest BCUT2D eigenvalue weighted by Gasteiger charge is 2.07. The number of halogens is 2. The largest absolute Gasteiger partial charge is 0.338 e. The summed E-state index contributed by atoms with van der Waals surface area (Å²) in [5.74, 6) is -0.0875. The van der Waals surface area contributed by atoms with Crippen molar-refractivity contribution in [1.29, 1.82) is 0 Å². The molecule has 96 valence electrons. The maximum atomic E-state index is 13.3. The van der Waals surface area contributed by atoms with Gasteiger partial charge in [-0.05, 0) is 12.1 Å². The van der Waals surface area contributed by atoms with Gasteiger partial charge in [0.1, 0.15) is 17.5 Å². The molecule has 1 N–H and O–H groups in total. The van der Waals surface area contributed by atoms with Gasteiger partial charge in [0.15, 0.2) is 0 Å². The summed E-state index contributed by atoms with van der Waals surface area (Å²) in [6.07, 6.45) is 4.32. The lowest BCUT2D eigenvalue weighted by Gasteiger charge is -2.07. The first-order valence-electron chi connectivity index (χ1n) is 5.78. The fourth-order valence-electron chi connectivity index (χ4n) is 1.75. The molecule has 1 heterocycles. The summed E-state index contributed by atoms with van der Waals surface area (Å²) in [5.41, 5.74) is 0.0809. The van der Waals surface area contributed by atoms with Gasteiger partial charge in [0.2, 0.25) is 0 Å². The van der Waals surface area contributed by atoms with Gasteiger partial charge >= 0.3 is 0 Å².